The van der Waals surface area contributed by atoms with E-state index in [1.54, 1.807) is 55.6 Å². The smallest absolute Gasteiger partial charge is 0.490 e. The van der Waals surface area contributed by atoms with Gasteiger partial charge < -0.3 is 20.3 Å². The molecule has 0 fully saturated rings. The van der Waals surface area contributed by atoms with Crippen LogP contribution in [0.3, 0.4) is 0 Å². The molecule has 3 heterocycles. The summed E-state index contributed by atoms with van der Waals surface area (Å²) in [5.74, 6) is -1.22. The van der Waals surface area contributed by atoms with Gasteiger partial charge in [-0.1, -0.05) is 13.8 Å². The van der Waals surface area contributed by atoms with Crippen LogP contribution in [0.4, 0.5) is 19.0 Å². The zero-order valence-corrected chi connectivity index (χ0v) is 22.8. The molecule has 0 spiro atoms. The number of aryl methyl sites for hydroxylation is 1. The second kappa shape index (κ2) is 12.5. The summed E-state index contributed by atoms with van der Waals surface area (Å²) in [4.78, 5) is 31.3. The minimum absolute atomic E-state index is 0.212. The summed E-state index contributed by atoms with van der Waals surface area (Å²) < 4.78 is 45.5. The number of carboxylic acid groups (broad SMARTS) is 1. The van der Waals surface area contributed by atoms with E-state index < -0.39 is 12.1 Å². The average Bonchev–Trinajstić information content (AvgIpc) is 3.35. The minimum atomic E-state index is -5.08. The average molecular weight is 576 g/mol. The van der Waals surface area contributed by atoms with Crippen LogP contribution in [-0.4, -0.2) is 61.0 Å². The Labute approximate surface area is 232 Å². The van der Waals surface area contributed by atoms with Gasteiger partial charge in [0.05, 0.1) is 38.0 Å². The van der Waals surface area contributed by atoms with E-state index in [-0.39, 0.29) is 17.3 Å². The number of methoxy groups -OCH3 is 2. The van der Waals surface area contributed by atoms with Gasteiger partial charge in [0.1, 0.15) is 22.9 Å². The Morgan fingerprint density at radius 3 is 2.17 bits per heavy atom. The molecule has 0 radical (unpaired) electrons. The zero-order chi connectivity index (χ0) is 30.5. The summed E-state index contributed by atoms with van der Waals surface area (Å²) in [6, 6.07) is 6.92. The summed E-state index contributed by atoms with van der Waals surface area (Å²) in [5.41, 5.74) is 9.29. The molecule has 218 valence electrons. The van der Waals surface area contributed by atoms with E-state index in [2.05, 4.69) is 29.0 Å². The summed E-state index contributed by atoms with van der Waals surface area (Å²) in [6.45, 7) is 4.10. The second-order valence-corrected chi connectivity index (χ2v) is 9.14. The number of nitrogen functional groups attached to an aromatic ring is 1. The fourth-order valence-corrected chi connectivity index (χ4v) is 3.62. The van der Waals surface area contributed by atoms with Crippen molar-refractivity contribution in [3.8, 4) is 39.8 Å². The lowest BCUT2D eigenvalue weighted by atomic mass is 10.0. The summed E-state index contributed by atoms with van der Waals surface area (Å²) in [5, 5.41) is 15.9. The largest absolute Gasteiger partial charge is 0.497 e. The Bertz CT molecular complexity index is 1580. The minimum Gasteiger partial charge on any atom is -0.497 e. The Balaban J connectivity index is 0.000000587. The maximum Gasteiger partial charge on any atom is 0.490 e. The number of alkyl halides is 3. The van der Waals surface area contributed by atoms with Crippen LogP contribution >= 0.6 is 0 Å². The molecule has 3 aromatic heterocycles. The number of halogens is 3. The molecule has 0 bridgehead atoms. The number of hydrogen-bond acceptors (Lipinski definition) is 9. The van der Waals surface area contributed by atoms with Crippen molar-refractivity contribution in [2.24, 2.45) is 13.0 Å². The van der Waals surface area contributed by atoms with Crippen LogP contribution in [0, 0.1) is 5.92 Å². The van der Waals surface area contributed by atoms with Crippen molar-refractivity contribution in [3.05, 3.63) is 58.8 Å². The molecule has 3 N–H and O–H groups in total. The highest BCUT2D eigenvalue weighted by Crippen LogP contribution is 2.27. The third-order valence-corrected chi connectivity index (χ3v) is 5.48. The predicted molar refractivity (Wildman–Crippen MR) is 143 cm³/mol. The van der Waals surface area contributed by atoms with Gasteiger partial charge in [0, 0.05) is 42.6 Å². The normalized spacial score (nSPS) is 11.1. The molecule has 0 saturated heterocycles. The van der Waals surface area contributed by atoms with E-state index in [0.717, 1.165) is 5.56 Å². The van der Waals surface area contributed by atoms with Crippen molar-refractivity contribution in [3.63, 3.8) is 0 Å². The fourth-order valence-electron chi connectivity index (χ4n) is 3.62. The highest BCUT2D eigenvalue weighted by Gasteiger charge is 2.38. The standard InChI is InChI=1S/C24H27N7O3.C2HF3O2/c1-14(2)6-15-7-20(22-23(25)26-12-21(28-22)16-11-27-30(3)13-16)29-31(24(15)32)17-8-18(33-4)10-19(9-17)34-5;3-2(4,5)1(6)7/h7-14H,6H2,1-5H3,(H2,25,26);(H,6,7). The number of aliphatic carboxylic acids is 1. The molecular weight excluding hydrogens is 547 g/mol. The molecule has 4 aromatic rings. The number of rotatable bonds is 7. The van der Waals surface area contributed by atoms with Crippen LogP contribution in [-0.2, 0) is 18.3 Å². The summed E-state index contributed by atoms with van der Waals surface area (Å²) in [7, 11) is 4.93. The lowest BCUT2D eigenvalue weighted by Gasteiger charge is -2.14. The maximum atomic E-state index is 13.4. The molecule has 0 unspecified atom stereocenters. The SMILES string of the molecule is COc1cc(OC)cc(-n2nc(-c3nc(-c4cnn(C)c4)cnc3N)cc(CC(C)C)c2=O)c1.O=C(O)C(F)(F)F. The number of nitrogens with two attached hydrogens (primary N) is 1. The number of anilines is 1. The van der Waals surface area contributed by atoms with Crippen LogP contribution in [0.2, 0.25) is 0 Å². The molecule has 41 heavy (non-hydrogen) atoms. The van der Waals surface area contributed by atoms with Gasteiger partial charge in [-0.3, -0.25) is 9.48 Å². The first kappa shape index (κ1) is 30.6. The highest BCUT2D eigenvalue weighted by molar-refractivity contribution is 5.73. The van der Waals surface area contributed by atoms with E-state index in [4.69, 9.17) is 30.1 Å². The first-order chi connectivity index (χ1) is 19.2. The van der Waals surface area contributed by atoms with Crippen LogP contribution in [0.1, 0.15) is 19.4 Å². The summed E-state index contributed by atoms with van der Waals surface area (Å²) in [6.07, 6.45) is 0.606. The lowest BCUT2D eigenvalue weighted by Crippen LogP contribution is -2.26. The Hall–Kier alpha value is -4.95. The van der Waals surface area contributed by atoms with E-state index in [9.17, 15) is 18.0 Å². The zero-order valence-electron chi connectivity index (χ0n) is 22.8. The molecule has 15 heteroatoms. The molecule has 0 amide bonds. The maximum absolute atomic E-state index is 13.4. The molecule has 0 aliphatic rings. The van der Waals surface area contributed by atoms with Gasteiger partial charge in [-0.15, -0.1) is 0 Å². The third-order valence-electron chi connectivity index (χ3n) is 5.48. The number of nitrogens with zero attached hydrogens (tertiary/aromatic N) is 6. The molecule has 0 aliphatic heterocycles. The summed E-state index contributed by atoms with van der Waals surface area (Å²) >= 11 is 0. The first-order valence-corrected chi connectivity index (χ1v) is 12.0. The van der Waals surface area contributed by atoms with Gasteiger partial charge in [-0.2, -0.15) is 28.1 Å². The van der Waals surface area contributed by atoms with Gasteiger partial charge in [-0.25, -0.2) is 14.8 Å². The number of ether oxygens (including phenoxy) is 2. The topological polar surface area (TPSA) is 160 Å². The number of hydrogen-bond donors (Lipinski definition) is 2. The monoisotopic (exact) mass is 575 g/mol. The number of carbonyl (C=O) groups is 1. The van der Waals surface area contributed by atoms with Crippen LogP contribution in [0.25, 0.3) is 28.3 Å². The lowest BCUT2D eigenvalue weighted by molar-refractivity contribution is -0.192. The van der Waals surface area contributed by atoms with Crippen LogP contribution in [0.5, 0.6) is 11.5 Å². The van der Waals surface area contributed by atoms with E-state index in [1.807, 2.05) is 13.2 Å². The highest BCUT2D eigenvalue weighted by atomic mass is 19.4. The Kier molecular flexibility index (Phi) is 9.32. The molecule has 0 aliphatic carbocycles. The van der Waals surface area contributed by atoms with E-state index in [1.165, 1.54) is 4.68 Å². The van der Waals surface area contributed by atoms with Crippen molar-refractivity contribution in [1.29, 1.82) is 0 Å². The second-order valence-electron chi connectivity index (χ2n) is 9.14. The molecular formula is C26H28F3N7O5. The molecule has 4 rings (SSSR count). The molecule has 12 nitrogen and oxygen atoms in total. The van der Waals surface area contributed by atoms with E-state index >= 15 is 0 Å². The van der Waals surface area contributed by atoms with Crippen LogP contribution in [0.15, 0.2) is 47.7 Å². The van der Waals surface area contributed by atoms with Crippen molar-refractivity contribution < 1.29 is 32.5 Å². The Morgan fingerprint density at radius 1 is 1.07 bits per heavy atom. The van der Waals surface area contributed by atoms with Crippen molar-refractivity contribution >= 4 is 11.8 Å². The number of carboxylic acids is 1. The fraction of sp³-hybridized carbons (Fsp3) is 0.308. The van der Waals surface area contributed by atoms with Gasteiger partial charge in [0.25, 0.3) is 5.56 Å². The quantitative estimate of drug-likeness (QED) is 0.334. The Morgan fingerprint density at radius 2 is 1.68 bits per heavy atom. The van der Waals surface area contributed by atoms with Crippen molar-refractivity contribution in [2.75, 3.05) is 20.0 Å². The number of aromatic nitrogens is 6. The van der Waals surface area contributed by atoms with Gasteiger partial charge in [-0.05, 0) is 18.4 Å². The molecule has 0 atom stereocenters. The number of benzene rings is 1. The van der Waals surface area contributed by atoms with Gasteiger partial charge >= 0.3 is 12.1 Å². The predicted octanol–water partition coefficient (Wildman–Crippen LogP) is 3.52. The van der Waals surface area contributed by atoms with Gasteiger partial charge in [0.2, 0.25) is 0 Å². The van der Waals surface area contributed by atoms with Crippen molar-refractivity contribution in [1.82, 2.24) is 29.5 Å². The first-order valence-electron chi connectivity index (χ1n) is 12.0. The molecule has 0 saturated carbocycles. The van der Waals surface area contributed by atoms with Crippen LogP contribution < -0.4 is 20.8 Å². The van der Waals surface area contributed by atoms with Crippen molar-refractivity contribution in [2.45, 2.75) is 26.4 Å². The van der Waals surface area contributed by atoms with Gasteiger partial charge in [0.15, 0.2) is 5.82 Å². The third kappa shape index (κ3) is 7.58. The van der Waals surface area contributed by atoms with E-state index in [0.29, 0.717) is 46.3 Å². The molecule has 1 aromatic carbocycles.